The maximum Gasteiger partial charge on any atom is 0.219 e. The first-order valence-corrected chi connectivity index (χ1v) is 7.67. The van der Waals surface area contributed by atoms with Crippen LogP contribution in [0.15, 0.2) is 18.3 Å². The molecule has 1 amide bonds. The van der Waals surface area contributed by atoms with Crippen LogP contribution in [0.25, 0.3) is 10.9 Å². The molecule has 3 rings (SSSR count). The molecule has 1 aromatic carbocycles. The molecule has 21 heavy (non-hydrogen) atoms. The van der Waals surface area contributed by atoms with E-state index in [2.05, 4.69) is 24.0 Å². The number of benzene rings is 1. The Balaban J connectivity index is 1.97. The Morgan fingerprint density at radius 3 is 2.90 bits per heavy atom. The molecule has 1 saturated heterocycles. The molecule has 1 atom stereocenters. The van der Waals surface area contributed by atoms with Crippen molar-refractivity contribution in [3.63, 3.8) is 0 Å². The number of fused-ring (bicyclic) bond motifs is 1. The molecule has 112 valence electrons. The van der Waals surface area contributed by atoms with Crippen molar-refractivity contribution < 1.29 is 4.79 Å². The molecule has 0 aliphatic carbocycles. The summed E-state index contributed by atoms with van der Waals surface area (Å²) in [5, 5.41) is 8.98. The Kier molecular flexibility index (Phi) is 3.44. The van der Waals surface area contributed by atoms with Crippen LogP contribution in [0.1, 0.15) is 45.1 Å². The highest BCUT2D eigenvalue weighted by Gasteiger charge is 2.37. The third kappa shape index (κ3) is 2.53. The van der Waals surface area contributed by atoms with E-state index in [-0.39, 0.29) is 11.4 Å². The first-order chi connectivity index (χ1) is 9.88. The van der Waals surface area contributed by atoms with Gasteiger partial charge in [-0.05, 0) is 50.3 Å². The Morgan fingerprint density at radius 1 is 1.48 bits per heavy atom. The van der Waals surface area contributed by atoms with Gasteiger partial charge in [-0.3, -0.25) is 9.89 Å². The van der Waals surface area contributed by atoms with Gasteiger partial charge in [0.05, 0.1) is 11.7 Å². The van der Waals surface area contributed by atoms with Gasteiger partial charge in [-0.25, -0.2) is 0 Å². The van der Waals surface area contributed by atoms with Crippen molar-refractivity contribution in [3.05, 3.63) is 28.9 Å². The second-order valence-corrected chi connectivity index (χ2v) is 6.94. The van der Waals surface area contributed by atoms with Gasteiger partial charge in [0.1, 0.15) is 0 Å². The molecule has 5 heteroatoms. The number of rotatable bonds is 1. The largest absolute Gasteiger partial charge is 0.338 e. The van der Waals surface area contributed by atoms with Gasteiger partial charge in [-0.2, -0.15) is 5.10 Å². The summed E-state index contributed by atoms with van der Waals surface area (Å²) in [6.45, 7) is 6.71. The highest BCUT2D eigenvalue weighted by molar-refractivity contribution is 6.31. The quantitative estimate of drug-likeness (QED) is 0.873. The van der Waals surface area contributed by atoms with Crippen LogP contribution in [0.3, 0.4) is 0 Å². The molecule has 1 aromatic heterocycles. The van der Waals surface area contributed by atoms with Crippen molar-refractivity contribution in [1.82, 2.24) is 15.1 Å². The number of likely N-dealkylation sites (tertiary alicyclic amines) is 1. The molecule has 1 unspecified atom stereocenters. The molecule has 2 heterocycles. The van der Waals surface area contributed by atoms with Crippen LogP contribution in [-0.2, 0) is 4.79 Å². The number of amides is 1. The van der Waals surface area contributed by atoms with Crippen LogP contribution in [0.4, 0.5) is 0 Å². The Morgan fingerprint density at radius 2 is 2.24 bits per heavy atom. The summed E-state index contributed by atoms with van der Waals surface area (Å²) in [5.74, 6) is 0.549. The topological polar surface area (TPSA) is 49.0 Å². The van der Waals surface area contributed by atoms with E-state index in [9.17, 15) is 4.79 Å². The fraction of sp³-hybridized carbons (Fsp3) is 0.500. The number of H-pyrrole nitrogens is 1. The Bertz CT molecular complexity index is 692. The molecule has 4 nitrogen and oxygen atoms in total. The fourth-order valence-corrected chi connectivity index (χ4v) is 3.86. The lowest BCUT2D eigenvalue weighted by Crippen LogP contribution is -2.51. The number of aromatic amines is 1. The minimum absolute atomic E-state index is 0.132. The molecular weight excluding hydrogens is 286 g/mol. The van der Waals surface area contributed by atoms with E-state index in [1.807, 2.05) is 23.2 Å². The molecule has 0 radical (unpaired) electrons. The minimum Gasteiger partial charge on any atom is -0.338 e. The van der Waals surface area contributed by atoms with Crippen LogP contribution in [0.5, 0.6) is 0 Å². The number of nitrogens with one attached hydrogen (secondary N) is 1. The normalized spacial score (nSPS) is 21.7. The van der Waals surface area contributed by atoms with Crippen molar-refractivity contribution in [2.24, 2.45) is 0 Å². The maximum atomic E-state index is 11.8. The lowest BCUT2D eigenvalue weighted by molar-refractivity contribution is -0.136. The van der Waals surface area contributed by atoms with Crippen molar-refractivity contribution >= 4 is 28.4 Å². The lowest BCUT2D eigenvalue weighted by atomic mass is 9.78. The minimum atomic E-state index is -0.132. The molecule has 0 spiro atoms. The van der Waals surface area contributed by atoms with Crippen LogP contribution >= 0.6 is 11.6 Å². The predicted octanol–water partition coefficient (Wildman–Crippen LogP) is 3.72. The average Bonchev–Trinajstić information content (AvgIpc) is 2.83. The van der Waals surface area contributed by atoms with Gasteiger partial charge in [-0.1, -0.05) is 11.6 Å². The average molecular weight is 306 g/mol. The van der Waals surface area contributed by atoms with Gasteiger partial charge in [0.15, 0.2) is 0 Å². The molecule has 0 bridgehead atoms. The summed E-state index contributed by atoms with van der Waals surface area (Å²) in [6.07, 6.45) is 3.77. The van der Waals surface area contributed by atoms with Gasteiger partial charge in [0.2, 0.25) is 5.91 Å². The van der Waals surface area contributed by atoms with E-state index in [1.165, 1.54) is 5.56 Å². The number of hydrogen-bond acceptors (Lipinski definition) is 2. The molecule has 2 aromatic rings. The van der Waals surface area contributed by atoms with E-state index < -0.39 is 0 Å². The monoisotopic (exact) mass is 305 g/mol. The van der Waals surface area contributed by atoms with Gasteiger partial charge in [0.25, 0.3) is 0 Å². The van der Waals surface area contributed by atoms with Gasteiger partial charge >= 0.3 is 0 Å². The predicted molar refractivity (Wildman–Crippen MR) is 84.5 cm³/mol. The van der Waals surface area contributed by atoms with E-state index in [0.717, 1.165) is 35.3 Å². The summed E-state index contributed by atoms with van der Waals surface area (Å²) >= 11 is 6.24. The molecule has 1 aliphatic rings. The second kappa shape index (κ2) is 5.02. The van der Waals surface area contributed by atoms with Gasteiger partial charge in [-0.15, -0.1) is 0 Å². The van der Waals surface area contributed by atoms with Crippen molar-refractivity contribution in [2.75, 3.05) is 6.54 Å². The van der Waals surface area contributed by atoms with E-state index >= 15 is 0 Å². The van der Waals surface area contributed by atoms with E-state index in [0.29, 0.717) is 5.92 Å². The zero-order chi connectivity index (χ0) is 15.2. The number of carbonyl (C=O) groups is 1. The maximum absolute atomic E-state index is 11.8. The fourth-order valence-electron chi connectivity index (χ4n) is 3.63. The molecule has 1 fully saturated rings. The number of hydrogen-bond donors (Lipinski definition) is 1. The standard InChI is InChI=1S/C16H20ClN3O/c1-10(21)20-5-4-11(8-16(20,2)3)13-6-12(17)7-15-14(13)9-18-19-15/h6-7,9,11H,4-5,8H2,1-3H3,(H,18,19). The summed E-state index contributed by atoms with van der Waals surface area (Å²) in [5.41, 5.74) is 2.08. The molecule has 1 aliphatic heterocycles. The number of halogens is 1. The number of piperidine rings is 1. The molecular formula is C16H20ClN3O. The van der Waals surface area contributed by atoms with Crippen molar-refractivity contribution in [3.8, 4) is 0 Å². The Hall–Kier alpha value is -1.55. The highest BCUT2D eigenvalue weighted by atomic mass is 35.5. The smallest absolute Gasteiger partial charge is 0.219 e. The summed E-state index contributed by atoms with van der Waals surface area (Å²) in [4.78, 5) is 13.7. The molecule has 1 N–H and O–H groups in total. The zero-order valence-corrected chi connectivity index (χ0v) is 13.4. The first kappa shape index (κ1) is 14.4. The Labute approximate surface area is 129 Å². The third-order valence-electron chi connectivity index (χ3n) is 4.55. The van der Waals surface area contributed by atoms with E-state index in [1.54, 1.807) is 6.92 Å². The van der Waals surface area contributed by atoms with Gasteiger partial charge in [0, 0.05) is 29.4 Å². The zero-order valence-electron chi connectivity index (χ0n) is 12.6. The summed E-state index contributed by atoms with van der Waals surface area (Å²) in [7, 11) is 0. The van der Waals surface area contributed by atoms with Crippen molar-refractivity contribution in [2.45, 2.75) is 45.1 Å². The first-order valence-electron chi connectivity index (χ1n) is 7.29. The van der Waals surface area contributed by atoms with Crippen LogP contribution in [-0.4, -0.2) is 33.1 Å². The van der Waals surface area contributed by atoms with Crippen LogP contribution in [0, 0.1) is 0 Å². The molecule has 0 saturated carbocycles. The number of aromatic nitrogens is 2. The van der Waals surface area contributed by atoms with Crippen LogP contribution < -0.4 is 0 Å². The number of carbonyl (C=O) groups excluding carboxylic acids is 1. The highest BCUT2D eigenvalue weighted by Crippen LogP contribution is 2.40. The van der Waals surface area contributed by atoms with Crippen molar-refractivity contribution in [1.29, 1.82) is 0 Å². The number of nitrogens with zero attached hydrogens (tertiary/aromatic N) is 2. The van der Waals surface area contributed by atoms with E-state index in [4.69, 9.17) is 11.6 Å². The van der Waals surface area contributed by atoms with Crippen LogP contribution in [0.2, 0.25) is 5.02 Å². The SMILES string of the molecule is CC(=O)N1CCC(c2cc(Cl)cc3[nH]ncc23)CC1(C)C. The van der Waals surface area contributed by atoms with Gasteiger partial charge < -0.3 is 4.90 Å². The third-order valence-corrected chi connectivity index (χ3v) is 4.77. The second-order valence-electron chi connectivity index (χ2n) is 6.50. The lowest BCUT2D eigenvalue weighted by Gasteiger charge is -2.45. The summed E-state index contributed by atoms with van der Waals surface area (Å²) < 4.78 is 0. The summed E-state index contributed by atoms with van der Waals surface area (Å²) in [6, 6.07) is 3.95.